The summed E-state index contributed by atoms with van der Waals surface area (Å²) < 4.78 is 1.50. The lowest BCUT2D eigenvalue weighted by atomic mass is 10.1. The normalized spacial score (nSPS) is 11.3. The van der Waals surface area contributed by atoms with Crippen molar-refractivity contribution in [1.82, 2.24) is 30.0 Å². The van der Waals surface area contributed by atoms with Crippen molar-refractivity contribution in [3.8, 4) is 11.4 Å². The van der Waals surface area contributed by atoms with Crippen molar-refractivity contribution in [2.75, 3.05) is 6.54 Å². The van der Waals surface area contributed by atoms with Crippen LogP contribution in [0.2, 0.25) is 0 Å². The number of nitrogens with zero attached hydrogens (tertiary/aromatic N) is 3. The molecule has 3 N–H and O–H groups in total. The summed E-state index contributed by atoms with van der Waals surface area (Å²) in [6.45, 7) is 0.653. The van der Waals surface area contributed by atoms with Crippen LogP contribution in [-0.2, 0) is 6.54 Å². The van der Waals surface area contributed by atoms with Gasteiger partial charge in [0.15, 0.2) is 0 Å². The molecule has 5 rings (SSSR count). The first-order valence-corrected chi connectivity index (χ1v) is 10.8. The van der Waals surface area contributed by atoms with E-state index in [1.165, 1.54) is 10.6 Å². The second kappa shape index (κ2) is 9.41. The molecule has 4 heterocycles. The third kappa shape index (κ3) is 4.42. The number of aromatic nitrogens is 5. The Kier molecular flexibility index (Phi) is 5.85. The molecule has 0 radical (unpaired) electrons. The van der Waals surface area contributed by atoms with Crippen molar-refractivity contribution in [3.63, 3.8) is 0 Å². The van der Waals surface area contributed by atoms with E-state index in [9.17, 15) is 9.59 Å². The van der Waals surface area contributed by atoms with Crippen LogP contribution in [0, 0.1) is 0 Å². The number of benzene rings is 1. The monoisotopic (exact) mass is 450 g/mol. The average Bonchev–Trinajstić information content (AvgIpc) is 3.53. The maximum atomic E-state index is 12.7. The first-order valence-electron chi connectivity index (χ1n) is 10.8. The zero-order valence-electron chi connectivity index (χ0n) is 18.2. The largest absolute Gasteiger partial charge is 0.360 e. The second-order valence-corrected chi connectivity index (χ2v) is 7.79. The molecule has 168 valence electrons. The maximum Gasteiger partial charge on any atom is 0.263 e. The van der Waals surface area contributed by atoms with Crippen molar-refractivity contribution in [1.29, 1.82) is 0 Å². The summed E-state index contributed by atoms with van der Waals surface area (Å²) in [6, 6.07) is 16.9. The van der Waals surface area contributed by atoms with Crippen LogP contribution < -0.4 is 10.9 Å². The van der Waals surface area contributed by atoms with Crippen molar-refractivity contribution in [2.45, 2.75) is 6.54 Å². The highest BCUT2D eigenvalue weighted by molar-refractivity contribution is 5.94. The number of amides is 1. The number of hydrogen-bond donors (Lipinski definition) is 3. The molecule has 1 aromatic carbocycles. The molecule has 1 amide bonds. The number of hydrogen-bond acceptors (Lipinski definition) is 4. The summed E-state index contributed by atoms with van der Waals surface area (Å²) in [6.07, 6.45) is 10.7. The molecule has 0 aliphatic heterocycles. The molecular weight excluding hydrogens is 428 g/mol. The fourth-order valence-electron chi connectivity index (χ4n) is 3.79. The Morgan fingerprint density at radius 2 is 2.06 bits per heavy atom. The number of fused-ring (bicyclic) bond motifs is 1. The Labute approximate surface area is 195 Å². The minimum Gasteiger partial charge on any atom is -0.360 e. The van der Waals surface area contributed by atoms with Crippen molar-refractivity contribution >= 4 is 22.9 Å². The molecular formula is C26H22N6O2. The van der Waals surface area contributed by atoms with Gasteiger partial charge in [-0.3, -0.25) is 19.7 Å². The van der Waals surface area contributed by atoms with Gasteiger partial charge in [-0.1, -0.05) is 24.3 Å². The molecule has 0 unspecified atom stereocenters. The van der Waals surface area contributed by atoms with E-state index in [-0.39, 0.29) is 11.1 Å². The zero-order valence-corrected chi connectivity index (χ0v) is 18.2. The molecule has 5 aromatic rings. The average molecular weight is 451 g/mol. The second-order valence-electron chi connectivity index (χ2n) is 7.79. The van der Waals surface area contributed by atoms with E-state index in [0.717, 1.165) is 33.4 Å². The predicted octanol–water partition coefficient (Wildman–Crippen LogP) is 3.61. The summed E-state index contributed by atoms with van der Waals surface area (Å²) in [5.74, 6) is -0.408. The molecule has 0 aliphatic rings. The van der Waals surface area contributed by atoms with Crippen LogP contribution >= 0.6 is 0 Å². The summed E-state index contributed by atoms with van der Waals surface area (Å²) in [7, 11) is 0. The van der Waals surface area contributed by atoms with Crippen molar-refractivity contribution in [3.05, 3.63) is 113 Å². The Hall–Kier alpha value is -4.72. The third-order valence-corrected chi connectivity index (χ3v) is 5.47. The number of rotatable bonds is 7. The van der Waals surface area contributed by atoms with Gasteiger partial charge in [0.1, 0.15) is 11.3 Å². The van der Waals surface area contributed by atoms with Crippen LogP contribution in [0.3, 0.4) is 0 Å². The topological polar surface area (TPSA) is 108 Å². The van der Waals surface area contributed by atoms with E-state index in [1.807, 2.05) is 60.8 Å². The smallest absolute Gasteiger partial charge is 0.263 e. The number of nitrogens with one attached hydrogen (secondary N) is 3. The number of aromatic amines is 2. The lowest BCUT2D eigenvalue weighted by Crippen LogP contribution is -2.33. The van der Waals surface area contributed by atoms with Gasteiger partial charge in [0, 0.05) is 36.7 Å². The van der Waals surface area contributed by atoms with Crippen LogP contribution in [0.5, 0.6) is 0 Å². The van der Waals surface area contributed by atoms with Crippen molar-refractivity contribution < 1.29 is 4.79 Å². The Morgan fingerprint density at radius 1 is 1.12 bits per heavy atom. The van der Waals surface area contributed by atoms with Gasteiger partial charge in [-0.2, -0.15) is 5.10 Å². The summed E-state index contributed by atoms with van der Waals surface area (Å²) >= 11 is 0. The first kappa shape index (κ1) is 21.1. The highest BCUT2D eigenvalue weighted by Crippen LogP contribution is 2.25. The number of carbonyl (C=O) groups excluding carboxylic acids is 1. The maximum absolute atomic E-state index is 12.7. The molecule has 34 heavy (non-hydrogen) atoms. The number of H-pyrrole nitrogens is 2. The molecule has 8 nitrogen and oxygen atoms in total. The molecule has 0 saturated carbocycles. The van der Waals surface area contributed by atoms with Gasteiger partial charge in [-0.15, -0.1) is 0 Å². The fraction of sp³-hybridized carbons (Fsp3) is 0.0769. The predicted molar refractivity (Wildman–Crippen MR) is 131 cm³/mol. The van der Waals surface area contributed by atoms with E-state index < -0.39 is 5.91 Å². The van der Waals surface area contributed by atoms with E-state index in [2.05, 4.69) is 25.5 Å². The lowest BCUT2D eigenvalue weighted by Gasteiger charge is -2.08. The fourth-order valence-corrected chi connectivity index (χ4v) is 3.79. The molecule has 0 fully saturated rings. The first-order chi connectivity index (χ1) is 16.7. The molecule has 0 saturated heterocycles. The van der Waals surface area contributed by atoms with Crippen molar-refractivity contribution in [2.24, 2.45) is 0 Å². The van der Waals surface area contributed by atoms with Crippen LogP contribution in [0.15, 0.2) is 90.3 Å². The van der Waals surface area contributed by atoms with E-state index in [4.69, 9.17) is 0 Å². The van der Waals surface area contributed by atoms with Gasteiger partial charge < -0.3 is 14.9 Å². The molecule has 4 aromatic heterocycles. The summed E-state index contributed by atoms with van der Waals surface area (Å²) in [5, 5.41) is 11.3. The van der Waals surface area contributed by atoms with Crippen LogP contribution in [0.25, 0.3) is 28.4 Å². The SMILES string of the molecule is O=C(NC/C=C/c1ccc2c(-c3ccc[nH]3)n[nH]c2c1)c1cccn(Cc2cccnc2)c1=O. The Balaban J connectivity index is 1.23. The molecule has 8 heteroatoms. The van der Waals surface area contributed by atoms with Gasteiger partial charge >= 0.3 is 0 Å². The minimum absolute atomic E-state index is 0.107. The zero-order chi connectivity index (χ0) is 23.3. The van der Waals surface area contributed by atoms with E-state index in [1.54, 1.807) is 24.7 Å². The third-order valence-electron chi connectivity index (χ3n) is 5.47. The minimum atomic E-state index is -0.408. The molecule has 0 atom stereocenters. The van der Waals surface area contributed by atoms with Crippen LogP contribution in [0.4, 0.5) is 0 Å². The van der Waals surface area contributed by atoms with Gasteiger partial charge in [0.2, 0.25) is 0 Å². The Morgan fingerprint density at radius 3 is 2.88 bits per heavy atom. The van der Waals surface area contributed by atoms with E-state index >= 15 is 0 Å². The number of carbonyl (C=O) groups is 1. The highest BCUT2D eigenvalue weighted by atomic mass is 16.2. The van der Waals surface area contributed by atoms with Gasteiger partial charge in [0.05, 0.1) is 17.8 Å². The van der Waals surface area contributed by atoms with Crippen LogP contribution in [-0.4, -0.2) is 37.2 Å². The molecule has 0 aliphatic carbocycles. The lowest BCUT2D eigenvalue weighted by molar-refractivity contribution is 0.0956. The van der Waals surface area contributed by atoms with Gasteiger partial charge in [0.25, 0.3) is 11.5 Å². The van der Waals surface area contributed by atoms with Crippen LogP contribution in [0.1, 0.15) is 21.5 Å². The highest BCUT2D eigenvalue weighted by Gasteiger charge is 2.12. The quantitative estimate of drug-likeness (QED) is 0.352. The summed E-state index contributed by atoms with van der Waals surface area (Å²) in [5.41, 5.74) is 4.39. The Bertz CT molecular complexity index is 1510. The molecule has 0 bridgehead atoms. The number of pyridine rings is 2. The standard InChI is InChI=1S/C26H22N6O2/c33-25(21-7-4-14-32(26(21)34)17-19-6-1-11-27-16-19)29-13-2-5-18-9-10-20-23(15-18)30-31-24(20)22-8-3-12-28-22/h1-12,14-16,28H,13,17H2,(H,29,33)(H,30,31)/b5-2+. The molecule has 0 spiro atoms. The summed E-state index contributed by atoms with van der Waals surface area (Å²) in [4.78, 5) is 32.5. The van der Waals surface area contributed by atoms with E-state index in [0.29, 0.717) is 13.1 Å². The van der Waals surface area contributed by atoms with Gasteiger partial charge in [-0.05, 0) is 53.6 Å². The van der Waals surface area contributed by atoms with Gasteiger partial charge in [-0.25, -0.2) is 0 Å².